The van der Waals surface area contributed by atoms with E-state index >= 15 is 0 Å². The number of ether oxygens (including phenoxy) is 2. The predicted octanol–water partition coefficient (Wildman–Crippen LogP) is 4.17. The number of carbonyl (C=O) groups is 1. The molecule has 6 nitrogen and oxygen atoms in total. The molecule has 2 heterocycles. The lowest BCUT2D eigenvalue weighted by molar-refractivity contribution is -0.141. The third kappa shape index (κ3) is 6.86. The zero-order chi connectivity index (χ0) is 24.5. The summed E-state index contributed by atoms with van der Waals surface area (Å²) in [5.41, 5.74) is 2.41. The zero-order valence-corrected chi connectivity index (χ0v) is 21.1. The lowest BCUT2D eigenvalue weighted by atomic mass is 9.86. The molecule has 2 aromatic rings. The molecule has 2 saturated heterocycles. The minimum Gasteiger partial charge on any atom is -0.495 e. The summed E-state index contributed by atoms with van der Waals surface area (Å²) in [6.45, 7) is 7.10. The van der Waals surface area contributed by atoms with Gasteiger partial charge in [0.25, 0.3) is 0 Å². The highest BCUT2D eigenvalue weighted by molar-refractivity contribution is 5.69. The third-order valence-corrected chi connectivity index (χ3v) is 7.41. The summed E-state index contributed by atoms with van der Waals surface area (Å²) >= 11 is 0. The maximum Gasteiger partial charge on any atom is 0.305 e. The lowest BCUT2D eigenvalue weighted by Gasteiger charge is -2.47. The fourth-order valence-corrected chi connectivity index (χ4v) is 5.52. The number of piperidine rings is 1. The number of hydrogen-bond acceptors (Lipinski definition) is 6. The first-order chi connectivity index (χ1) is 17.2. The maximum atomic E-state index is 11.9. The monoisotopic (exact) mass is 477 g/mol. The van der Waals surface area contributed by atoms with E-state index in [4.69, 9.17) is 9.47 Å². The number of benzene rings is 2. The van der Waals surface area contributed by atoms with Crippen molar-refractivity contribution in [2.24, 2.45) is 5.92 Å². The van der Waals surface area contributed by atoms with E-state index in [1.54, 1.807) is 7.11 Å². The number of para-hydroxylation sites is 2. The van der Waals surface area contributed by atoms with Crippen LogP contribution in [0.2, 0.25) is 0 Å². The summed E-state index contributed by atoms with van der Waals surface area (Å²) in [4.78, 5) is 19.6. The molecule has 2 atom stereocenters. The quantitative estimate of drug-likeness (QED) is 0.505. The van der Waals surface area contributed by atoms with Crippen molar-refractivity contribution in [1.29, 1.82) is 0 Å². The number of rotatable bonds is 9. The summed E-state index contributed by atoms with van der Waals surface area (Å²) in [6.07, 6.45) is 6.97. The number of methoxy groups -OCH3 is 2. The van der Waals surface area contributed by atoms with Crippen LogP contribution < -0.4 is 9.64 Å². The van der Waals surface area contributed by atoms with Crippen LogP contribution in [0.15, 0.2) is 60.7 Å². The van der Waals surface area contributed by atoms with Crippen molar-refractivity contribution in [2.75, 3.05) is 64.9 Å². The van der Waals surface area contributed by atoms with Gasteiger partial charge in [-0.2, -0.15) is 0 Å². The standard InChI is InChI=1S/C29H39N3O3/c1-34-28-13-7-6-12-27(28)32-21-19-31(20-22-32)26-16-18-30(23-25(26)14-15-29(33)35-2)17-8-11-24-9-4-3-5-10-24/h3-13,25-26H,14-23H2,1-2H3/b11-8+/t25-,26+/m0/s1. The van der Waals surface area contributed by atoms with Gasteiger partial charge in [-0.15, -0.1) is 0 Å². The van der Waals surface area contributed by atoms with Gasteiger partial charge in [0.15, 0.2) is 0 Å². The molecular weight excluding hydrogens is 438 g/mol. The van der Waals surface area contributed by atoms with Crippen molar-refractivity contribution in [3.8, 4) is 5.75 Å². The molecule has 0 saturated carbocycles. The lowest BCUT2D eigenvalue weighted by Crippen LogP contribution is -2.56. The molecule has 0 unspecified atom stereocenters. The average Bonchev–Trinajstić information content (AvgIpc) is 2.92. The summed E-state index contributed by atoms with van der Waals surface area (Å²) in [5.74, 6) is 1.30. The van der Waals surface area contributed by atoms with Crippen molar-refractivity contribution < 1.29 is 14.3 Å². The van der Waals surface area contributed by atoms with Crippen LogP contribution in [0.3, 0.4) is 0 Å². The molecule has 0 aliphatic carbocycles. The SMILES string of the molecule is COC(=O)CC[C@H]1CN(C/C=C/c2ccccc2)CC[C@H]1N1CCN(c2ccccc2OC)CC1. The van der Waals surface area contributed by atoms with E-state index in [0.717, 1.165) is 64.4 Å². The van der Waals surface area contributed by atoms with E-state index < -0.39 is 0 Å². The molecule has 2 aliphatic heterocycles. The Morgan fingerprint density at radius 3 is 2.46 bits per heavy atom. The number of carbonyl (C=O) groups excluding carboxylic acids is 1. The Balaban J connectivity index is 1.36. The maximum absolute atomic E-state index is 11.9. The van der Waals surface area contributed by atoms with Gasteiger partial charge in [0.2, 0.25) is 0 Å². The van der Waals surface area contributed by atoms with Crippen molar-refractivity contribution in [3.05, 3.63) is 66.2 Å². The predicted molar refractivity (Wildman–Crippen MR) is 142 cm³/mol. The second kappa shape index (κ2) is 12.8. The van der Waals surface area contributed by atoms with E-state index in [-0.39, 0.29) is 5.97 Å². The zero-order valence-electron chi connectivity index (χ0n) is 21.1. The van der Waals surface area contributed by atoms with Crippen LogP contribution in [0.25, 0.3) is 6.08 Å². The van der Waals surface area contributed by atoms with Crippen LogP contribution in [0.1, 0.15) is 24.8 Å². The second-order valence-corrected chi connectivity index (χ2v) is 9.50. The first kappa shape index (κ1) is 25.3. The Morgan fingerprint density at radius 2 is 1.71 bits per heavy atom. The number of anilines is 1. The van der Waals surface area contributed by atoms with Gasteiger partial charge in [-0.3, -0.25) is 14.6 Å². The largest absolute Gasteiger partial charge is 0.495 e. The van der Waals surface area contributed by atoms with Crippen molar-refractivity contribution in [2.45, 2.75) is 25.3 Å². The van der Waals surface area contributed by atoms with Gasteiger partial charge < -0.3 is 14.4 Å². The minimum absolute atomic E-state index is 0.106. The second-order valence-electron chi connectivity index (χ2n) is 9.50. The Bertz CT molecular complexity index is 957. The molecule has 0 amide bonds. The summed E-state index contributed by atoms with van der Waals surface area (Å²) in [5, 5.41) is 0. The molecular formula is C29H39N3O3. The molecule has 2 aromatic carbocycles. The van der Waals surface area contributed by atoms with Crippen molar-refractivity contribution >= 4 is 17.7 Å². The Morgan fingerprint density at radius 1 is 0.971 bits per heavy atom. The minimum atomic E-state index is -0.106. The Labute approximate surface area is 210 Å². The molecule has 0 bridgehead atoms. The molecule has 188 valence electrons. The smallest absolute Gasteiger partial charge is 0.305 e. The highest BCUT2D eigenvalue weighted by Gasteiger charge is 2.35. The fourth-order valence-electron chi connectivity index (χ4n) is 5.52. The van der Waals surface area contributed by atoms with Gasteiger partial charge in [0, 0.05) is 51.7 Å². The number of esters is 1. The molecule has 2 aliphatic rings. The third-order valence-electron chi connectivity index (χ3n) is 7.41. The van der Waals surface area contributed by atoms with Gasteiger partial charge >= 0.3 is 5.97 Å². The van der Waals surface area contributed by atoms with Gasteiger partial charge in [0.1, 0.15) is 5.75 Å². The number of piperazine rings is 1. The van der Waals surface area contributed by atoms with Gasteiger partial charge in [-0.05, 0) is 43.0 Å². The Kier molecular flexibility index (Phi) is 9.21. The summed E-state index contributed by atoms with van der Waals surface area (Å²) in [6, 6.07) is 19.2. The first-order valence-corrected chi connectivity index (χ1v) is 12.8. The van der Waals surface area contributed by atoms with Crippen LogP contribution in [0.4, 0.5) is 5.69 Å². The van der Waals surface area contributed by atoms with Gasteiger partial charge in [-0.1, -0.05) is 54.6 Å². The first-order valence-electron chi connectivity index (χ1n) is 12.8. The molecule has 6 heteroatoms. The normalized spacial score (nSPS) is 21.8. The van der Waals surface area contributed by atoms with E-state index in [2.05, 4.69) is 63.2 Å². The number of hydrogen-bond donors (Lipinski definition) is 0. The molecule has 0 radical (unpaired) electrons. The molecule has 0 spiro atoms. The highest BCUT2D eigenvalue weighted by Crippen LogP contribution is 2.31. The van der Waals surface area contributed by atoms with Crippen molar-refractivity contribution in [1.82, 2.24) is 9.80 Å². The number of nitrogens with zero attached hydrogens (tertiary/aromatic N) is 3. The summed E-state index contributed by atoms with van der Waals surface area (Å²) in [7, 11) is 3.22. The molecule has 4 rings (SSSR count). The van der Waals surface area contributed by atoms with E-state index in [1.165, 1.54) is 18.4 Å². The number of likely N-dealkylation sites (tertiary alicyclic amines) is 1. The van der Waals surface area contributed by atoms with E-state index in [1.807, 2.05) is 18.2 Å². The van der Waals surface area contributed by atoms with E-state index in [0.29, 0.717) is 18.4 Å². The van der Waals surface area contributed by atoms with Crippen LogP contribution >= 0.6 is 0 Å². The molecule has 35 heavy (non-hydrogen) atoms. The average molecular weight is 478 g/mol. The molecule has 0 N–H and O–H groups in total. The van der Waals surface area contributed by atoms with Crippen LogP contribution in [-0.2, 0) is 9.53 Å². The van der Waals surface area contributed by atoms with Crippen LogP contribution in [-0.4, -0.2) is 81.8 Å². The Hall–Kier alpha value is -2.83. The van der Waals surface area contributed by atoms with Gasteiger partial charge in [-0.25, -0.2) is 0 Å². The topological polar surface area (TPSA) is 45.2 Å². The summed E-state index contributed by atoms with van der Waals surface area (Å²) < 4.78 is 10.5. The van der Waals surface area contributed by atoms with E-state index in [9.17, 15) is 4.79 Å². The highest BCUT2D eigenvalue weighted by atomic mass is 16.5. The fraction of sp³-hybridized carbons (Fsp3) is 0.483. The van der Waals surface area contributed by atoms with Crippen LogP contribution in [0, 0.1) is 5.92 Å². The van der Waals surface area contributed by atoms with Gasteiger partial charge in [0.05, 0.1) is 19.9 Å². The molecule has 2 fully saturated rings. The van der Waals surface area contributed by atoms with Crippen molar-refractivity contribution in [3.63, 3.8) is 0 Å². The molecule has 0 aromatic heterocycles. The van der Waals surface area contributed by atoms with Crippen LogP contribution in [0.5, 0.6) is 5.75 Å².